The Hall–Kier alpha value is -1.36. The van der Waals surface area contributed by atoms with Crippen LogP contribution in [0.3, 0.4) is 0 Å². The summed E-state index contributed by atoms with van der Waals surface area (Å²) in [4.78, 5) is 0. The molecule has 0 radical (unpaired) electrons. The normalized spacial score (nSPS) is 10.7. The molecule has 3 nitrogen and oxygen atoms in total. The lowest BCUT2D eigenvalue weighted by Gasteiger charge is -2.08. The lowest BCUT2D eigenvalue weighted by atomic mass is 10.2. The van der Waals surface area contributed by atoms with Gasteiger partial charge in [-0.15, -0.1) is 0 Å². The zero-order valence-corrected chi connectivity index (χ0v) is 12.0. The summed E-state index contributed by atoms with van der Waals surface area (Å²) < 4.78 is 15.7. The number of benzene rings is 1. The van der Waals surface area contributed by atoms with Gasteiger partial charge in [-0.25, -0.2) is 4.39 Å². The zero-order valence-electron chi connectivity index (χ0n) is 10.4. The molecule has 2 rings (SSSR count). The van der Waals surface area contributed by atoms with Crippen molar-refractivity contribution in [3.05, 3.63) is 45.9 Å². The Balaban J connectivity index is 2.13. The summed E-state index contributed by atoms with van der Waals surface area (Å²) in [6.45, 7) is 2.63. The van der Waals surface area contributed by atoms with Crippen LogP contribution in [0, 0.1) is 5.82 Å². The van der Waals surface area contributed by atoms with E-state index >= 15 is 0 Å². The van der Waals surface area contributed by atoms with E-state index in [2.05, 4.69) is 33.3 Å². The van der Waals surface area contributed by atoms with E-state index in [1.807, 2.05) is 19.3 Å². The second-order valence-corrected chi connectivity index (χ2v) is 4.88. The smallest absolute Gasteiger partial charge is 0.137 e. The molecule has 2 aromatic rings. The zero-order chi connectivity index (χ0) is 13.1. The van der Waals surface area contributed by atoms with Gasteiger partial charge in [-0.2, -0.15) is 5.10 Å². The first-order valence-electron chi connectivity index (χ1n) is 5.81. The standard InChI is InChI=1S/C13H15BrFN3/c1-3-11-12(8-18(2)17-11)16-7-9-5-4-6-10(15)13(9)14/h4-6,8,16H,3,7H2,1-2H3. The molecule has 96 valence electrons. The minimum Gasteiger partial charge on any atom is -0.378 e. The third-order valence-corrected chi connectivity index (χ3v) is 3.63. The highest BCUT2D eigenvalue weighted by Crippen LogP contribution is 2.22. The second-order valence-electron chi connectivity index (χ2n) is 4.08. The van der Waals surface area contributed by atoms with E-state index in [0.29, 0.717) is 11.0 Å². The molecule has 0 spiro atoms. The van der Waals surface area contributed by atoms with Gasteiger partial charge in [0, 0.05) is 19.8 Å². The largest absolute Gasteiger partial charge is 0.378 e. The number of aryl methyl sites for hydroxylation is 2. The van der Waals surface area contributed by atoms with E-state index in [0.717, 1.165) is 23.4 Å². The molecule has 0 aliphatic carbocycles. The van der Waals surface area contributed by atoms with Crippen molar-refractivity contribution in [3.8, 4) is 0 Å². The van der Waals surface area contributed by atoms with Crippen molar-refractivity contribution in [1.29, 1.82) is 0 Å². The molecule has 0 unspecified atom stereocenters. The van der Waals surface area contributed by atoms with Crippen LogP contribution in [0.1, 0.15) is 18.2 Å². The third-order valence-electron chi connectivity index (χ3n) is 2.74. The molecule has 0 aliphatic heterocycles. The van der Waals surface area contributed by atoms with Crippen LogP contribution in [0.15, 0.2) is 28.9 Å². The number of rotatable bonds is 4. The SMILES string of the molecule is CCc1nn(C)cc1NCc1cccc(F)c1Br. The first kappa shape index (κ1) is 13.1. The minimum absolute atomic E-state index is 0.240. The predicted octanol–water partition coefficient (Wildman–Crippen LogP) is 3.50. The molecular formula is C13H15BrFN3. The molecular weight excluding hydrogens is 297 g/mol. The van der Waals surface area contributed by atoms with E-state index in [4.69, 9.17) is 0 Å². The van der Waals surface area contributed by atoms with E-state index < -0.39 is 0 Å². The molecule has 0 fully saturated rings. The maximum atomic E-state index is 13.4. The molecule has 1 aromatic heterocycles. The van der Waals surface area contributed by atoms with Crippen LogP contribution in [-0.2, 0) is 20.0 Å². The highest BCUT2D eigenvalue weighted by molar-refractivity contribution is 9.10. The van der Waals surface area contributed by atoms with Gasteiger partial charge in [0.25, 0.3) is 0 Å². The Bertz CT molecular complexity index is 551. The Kier molecular flexibility index (Phi) is 4.01. The fourth-order valence-corrected chi connectivity index (χ4v) is 2.22. The molecule has 0 bridgehead atoms. The van der Waals surface area contributed by atoms with Gasteiger partial charge in [-0.3, -0.25) is 4.68 Å². The monoisotopic (exact) mass is 311 g/mol. The van der Waals surface area contributed by atoms with Crippen molar-refractivity contribution >= 4 is 21.6 Å². The van der Waals surface area contributed by atoms with Crippen LogP contribution in [0.5, 0.6) is 0 Å². The van der Waals surface area contributed by atoms with Crippen molar-refractivity contribution in [2.75, 3.05) is 5.32 Å². The number of hydrogen-bond acceptors (Lipinski definition) is 2. The quantitative estimate of drug-likeness (QED) is 0.936. The summed E-state index contributed by atoms with van der Waals surface area (Å²) in [5.41, 5.74) is 2.90. The number of hydrogen-bond donors (Lipinski definition) is 1. The molecule has 0 aliphatic rings. The van der Waals surface area contributed by atoms with Crippen LogP contribution < -0.4 is 5.32 Å². The van der Waals surface area contributed by atoms with Gasteiger partial charge in [0.1, 0.15) is 5.82 Å². The maximum Gasteiger partial charge on any atom is 0.137 e. The van der Waals surface area contributed by atoms with Crippen molar-refractivity contribution in [2.45, 2.75) is 19.9 Å². The number of halogens is 2. The number of nitrogens with one attached hydrogen (secondary N) is 1. The Morgan fingerprint density at radius 3 is 2.94 bits per heavy atom. The molecule has 1 N–H and O–H groups in total. The molecule has 18 heavy (non-hydrogen) atoms. The molecule has 5 heteroatoms. The predicted molar refractivity (Wildman–Crippen MR) is 74.0 cm³/mol. The van der Waals surface area contributed by atoms with Gasteiger partial charge < -0.3 is 5.32 Å². The fraction of sp³-hybridized carbons (Fsp3) is 0.308. The van der Waals surface area contributed by atoms with Crippen LogP contribution in [0.25, 0.3) is 0 Å². The summed E-state index contributed by atoms with van der Waals surface area (Å²) in [6, 6.07) is 5.04. The summed E-state index contributed by atoms with van der Waals surface area (Å²) in [5.74, 6) is -0.240. The molecule has 0 amide bonds. The molecule has 1 aromatic carbocycles. The number of nitrogens with zero attached hydrogens (tertiary/aromatic N) is 2. The topological polar surface area (TPSA) is 29.9 Å². The Labute approximate surface area is 114 Å². The van der Waals surface area contributed by atoms with Gasteiger partial charge in [-0.1, -0.05) is 19.1 Å². The van der Waals surface area contributed by atoms with Crippen LogP contribution in [0.2, 0.25) is 0 Å². The van der Waals surface area contributed by atoms with Gasteiger partial charge in [0.05, 0.1) is 15.9 Å². The van der Waals surface area contributed by atoms with Gasteiger partial charge in [0.15, 0.2) is 0 Å². The number of aromatic nitrogens is 2. The van der Waals surface area contributed by atoms with Gasteiger partial charge >= 0.3 is 0 Å². The average Bonchev–Trinajstić information content (AvgIpc) is 2.71. The summed E-state index contributed by atoms with van der Waals surface area (Å²) in [7, 11) is 1.89. The first-order valence-corrected chi connectivity index (χ1v) is 6.60. The van der Waals surface area contributed by atoms with Crippen LogP contribution in [-0.4, -0.2) is 9.78 Å². The molecule has 0 saturated carbocycles. The Morgan fingerprint density at radius 2 is 2.22 bits per heavy atom. The third kappa shape index (κ3) is 2.72. The van der Waals surface area contributed by atoms with E-state index in [1.54, 1.807) is 10.7 Å². The second kappa shape index (κ2) is 5.52. The molecule has 1 heterocycles. The van der Waals surface area contributed by atoms with Crippen molar-refractivity contribution < 1.29 is 4.39 Å². The summed E-state index contributed by atoms with van der Waals surface area (Å²) in [6.07, 6.45) is 2.81. The number of anilines is 1. The highest BCUT2D eigenvalue weighted by Gasteiger charge is 2.08. The van der Waals surface area contributed by atoms with Crippen molar-refractivity contribution in [1.82, 2.24) is 9.78 Å². The first-order chi connectivity index (χ1) is 8.61. The van der Waals surface area contributed by atoms with Crippen LogP contribution in [0.4, 0.5) is 10.1 Å². The fourth-order valence-electron chi connectivity index (χ4n) is 1.82. The molecule has 0 atom stereocenters. The van der Waals surface area contributed by atoms with Gasteiger partial charge in [-0.05, 0) is 34.0 Å². The Morgan fingerprint density at radius 1 is 1.44 bits per heavy atom. The lowest BCUT2D eigenvalue weighted by molar-refractivity contribution is 0.618. The van der Waals surface area contributed by atoms with E-state index in [9.17, 15) is 4.39 Å². The van der Waals surface area contributed by atoms with Crippen LogP contribution >= 0.6 is 15.9 Å². The van der Waals surface area contributed by atoms with Crippen molar-refractivity contribution in [2.24, 2.45) is 7.05 Å². The summed E-state index contributed by atoms with van der Waals surface area (Å²) >= 11 is 3.26. The molecule has 0 saturated heterocycles. The van der Waals surface area contributed by atoms with Gasteiger partial charge in [0.2, 0.25) is 0 Å². The van der Waals surface area contributed by atoms with Crippen molar-refractivity contribution in [3.63, 3.8) is 0 Å². The average molecular weight is 312 g/mol. The minimum atomic E-state index is -0.240. The highest BCUT2D eigenvalue weighted by atomic mass is 79.9. The van der Waals surface area contributed by atoms with E-state index in [1.165, 1.54) is 6.07 Å². The van der Waals surface area contributed by atoms with E-state index in [-0.39, 0.29) is 5.82 Å². The maximum absolute atomic E-state index is 13.4. The lowest BCUT2D eigenvalue weighted by Crippen LogP contribution is -2.02. The summed E-state index contributed by atoms with van der Waals surface area (Å²) in [5, 5.41) is 7.64.